The van der Waals surface area contributed by atoms with Crippen LogP contribution in [0, 0.1) is 6.92 Å². The minimum atomic E-state index is -0.395. The van der Waals surface area contributed by atoms with Crippen molar-refractivity contribution < 1.29 is 4.74 Å². The van der Waals surface area contributed by atoms with Gasteiger partial charge in [-0.05, 0) is 6.92 Å². The molecule has 0 aliphatic carbocycles. The summed E-state index contributed by atoms with van der Waals surface area (Å²) in [6.45, 7) is 3.76. The number of likely N-dealkylation sites (N-methyl/N-ethyl adjacent to an activating group) is 1. The monoisotopic (exact) mass is 212 g/mol. The molecule has 84 valence electrons. The van der Waals surface area contributed by atoms with E-state index in [2.05, 4.69) is 0 Å². The average Bonchev–Trinajstić information content (AvgIpc) is 2.24. The van der Waals surface area contributed by atoms with E-state index in [4.69, 9.17) is 10.5 Å². The van der Waals surface area contributed by atoms with Crippen LogP contribution in [0.2, 0.25) is 0 Å². The SMILES string of the molecule is Cc1c(N(C)CCOCCN)c(=O)c1=O. The predicted molar refractivity (Wildman–Crippen MR) is 59.2 cm³/mol. The summed E-state index contributed by atoms with van der Waals surface area (Å²) in [5.74, 6) is 0. The Bertz CT molecular complexity index is 393. The second kappa shape index (κ2) is 5.04. The zero-order valence-electron chi connectivity index (χ0n) is 9.08. The molecule has 0 aliphatic rings. The fraction of sp³-hybridized carbons (Fsp3) is 0.600. The van der Waals surface area contributed by atoms with Crippen molar-refractivity contribution in [1.82, 2.24) is 0 Å². The van der Waals surface area contributed by atoms with Gasteiger partial charge in [-0.25, -0.2) is 0 Å². The number of hydrogen-bond donors (Lipinski definition) is 1. The molecule has 0 aliphatic heterocycles. The van der Waals surface area contributed by atoms with Crippen LogP contribution < -0.4 is 21.5 Å². The Hall–Kier alpha value is -1.20. The van der Waals surface area contributed by atoms with E-state index in [-0.39, 0.29) is 5.43 Å². The molecule has 1 rings (SSSR count). The normalized spacial score (nSPS) is 10.9. The summed E-state index contributed by atoms with van der Waals surface area (Å²) >= 11 is 0. The standard InChI is InChI=1S/C10H16N2O3/c1-7-8(10(14)9(7)13)12(2)4-6-15-5-3-11/h3-6,11H2,1-2H3. The van der Waals surface area contributed by atoms with Crippen LogP contribution in [-0.4, -0.2) is 33.4 Å². The molecule has 0 amide bonds. The summed E-state index contributed by atoms with van der Waals surface area (Å²) in [7, 11) is 1.77. The molecule has 1 aromatic carbocycles. The molecule has 0 saturated heterocycles. The highest BCUT2D eigenvalue weighted by Gasteiger charge is 2.19. The fourth-order valence-corrected chi connectivity index (χ4v) is 1.45. The molecule has 1 aromatic rings. The van der Waals surface area contributed by atoms with E-state index in [0.717, 1.165) is 0 Å². The Morgan fingerprint density at radius 3 is 2.47 bits per heavy atom. The van der Waals surface area contributed by atoms with Gasteiger partial charge in [-0.3, -0.25) is 9.59 Å². The van der Waals surface area contributed by atoms with E-state index in [0.29, 0.717) is 37.6 Å². The van der Waals surface area contributed by atoms with Gasteiger partial charge in [0, 0.05) is 25.7 Å². The minimum Gasteiger partial charge on any atom is -0.378 e. The van der Waals surface area contributed by atoms with Gasteiger partial charge in [0.15, 0.2) is 0 Å². The van der Waals surface area contributed by atoms with Gasteiger partial charge in [0.05, 0.1) is 18.9 Å². The van der Waals surface area contributed by atoms with Crippen molar-refractivity contribution in [3.05, 3.63) is 26.0 Å². The molecule has 0 bridgehead atoms. The predicted octanol–water partition coefficient (Wildman–Crippen LogP) is -0.997. The highest BCUT2D eigenvalue weighted by atomic mass is 16.5. The second-order valence-corrected chi connectivity index (χ2v) is 3.45. The van der Waals surface area contributed by atoms with E-state index in [1.807, 2.05) is 0 Å². The summed E-state index contributed by atoms with van der Waals surface area (Å²) in [4.78, 5) is 23.9. The van der Waals surface area contributed by atoms with Crippen LogP contribution in [0.15, 0.2) is 9.59 Å². The molecule has 0 aromatic heterocycles. The summed E-state index contributed by atoms with van der Waals surface area (Å²) in [6.07, 6.45) is 0. The molecule has 0 unspecified atom stereocenters. The van der Waals surface area contributed by atoms with Crippen LogP contribution in [0.1, 0.15) is 5.56 Å². The third kappa shape index (κ3) is 2.43. The topological polar surface area (TPSA) is 72.6 Å². The Kier molecular flexibility index (Phi) is 3.99. The molecule has 0 fully saturated rings. The van der Waals surface area contributed by atoms with E-state index in [9.17, 15) is 9.59 Å². The van der Waals surface area contributed by atoms with Crippen LogP contribution in [0.25, 0.3) is 0 Å². The lowest BCUT2D eigenvalue weighted by molar-refractivity contribution is 0.148. The quantitative estimate of drug-likeness (QED) is 0.484. The van der Waals surface area contributed by atoms with Gasteiger partial charge in [-0.15, -0.1) is 0 Å². The second-order valence-electron chi connectivity index (χ2n) is 3.45. The molecule has 0 spiro atoms. The van der Waals surface area contributed by atoms with E-state index in [1.54, 1.807) is 18.9 Å². The summed E-state index contributed by atoms with van der Waals surface area (Å²) in [5, 5.41) is 0. The van der Waals surface area contributed by atoms with Crippen molar-refractivity contribution >= 4 is 5.69 Å². The lowest BCUT2D eigenvalue weighted by Crippen LogP contribution is -2.42. The molecule has 0 atom stereocenters. The zero-order valence-corrected chi connectivity index (χ0v) is 9.08. The molecule has 0 saturated carbocycles. The Morgan fingerprint density at radius 2 is 1.93 bits per heavy atom. The number of anilines is 1. The lowest BCUT2D eigenvalue weighted by atomic mass is 10.1. The Labute approximate surface area is 88.1 Å². The third-order valence-electron chi connectivity index (χ3n) is 2.33. The van der Waals surface area contributed by atoms with Crippen molar-refractivity contribution in [2.75, 3.05) is 38.3 Å². The van der Waals surface area contributed by atoms with Gasteiger partial charge < -0.3 is 15.4 Å². The summed E-state index contributed by atoms with van der Waals surface area (Å²) < 4.78 is 5.18. The number of hydrogen-bond acceptors (Lipinski definition) is 5. The highest BCUT2D eigenvalue weighted by Crippen LogP contribution is 2.10. The number of rotatable bonds is 6. The molecule has 15 heavy (non-hydrogen) atoms. The van der Waals surface area contributed by atoms with Crippen molar-refractivity contribution in [3.8, 4) is 0 Å². The highest BCUT2D eigenvalue weighted by molar-refractivity contribution is 5.57. The van der Waals surface area contributed by atoms with Gasteiger partial charge in [-0.2, -0.15) is 0 Å². The third-order valence-corrected chi connectivity index (χ3v) is 2.33. The zero-order chi connectivity index (χ0) is 11.4. The molecular formula is C10H16N2O3. The molecule has 5 heteroatoms. The maximum absolute atomic E-state index is 11.2. The van der Waals surface area contributed by atoms with Crippen LogP contribution >= 0.6 is 0 Å². The number of nitrogens with two attached hydrogens (primary N) is 1. The Balaban J connectivity index is 2.45. The minimum absolute atomic E-state index is 0.375. The molecule has 5 nitrogen and oxygen atoms in total. The summed E-state index contributed by atoms with van der Waals surface area (Å²) in [6, 6.07) is 0. The Morgan fingerprint density at radius 1 is 1.27 bits per heavy atom. The summed E-state index contributed by atoms with van der Waals surface area (Å²) in [5.41, 5.74) is 5.54. The maximum atomic E-state index is 11.2. The maximum Gasteiger partial charge on any atom is 0.249 e. The fourth-order valence-electron chi connectivity index (χ4n) is 1.45. The van der Waals surface area contributed by atoms with Crippen LogP contribution in [-0.2, 0) is 4.74 Å². The lowest BCUT2D eigenvalue weighted by Gasteiger charge is -2.21. The van der Waals surface area contributed by atoms with Gasteiger partial charge >= 0.3 is 0 Å². The van der Waals surface area contributed by atoms with Crippen molar-refractivity contribution in [3.63, 3.8) is 0 Å². The first-order valence-electron chi connectivity index (χ1n) is 4.88. The molecular weight excluding hydrogens is 196 g/mol. The largest absolute Gasteiger partial charge is 0.378 e. The molecule has 0 radical (unpaired) electrons. The van der Waals surface area contributed by atoms with Gasteiger partial charge in [0.25, 0.3) is 0 Å². The van der Waals surface area contributed by atoms with E-state index in [1.165, 1.54) is 0 Å². The van der Waals surface area contributed by atoms with E-state index >= 15 is 0 Å². The first kappa shape index (κ1) is 11.9. The average molecular weight is 212 g/mol. The van der Waals surface area contributed by atoms with Crippen molar-refractivity contribution in [1.29, 1.82) is 0 Å². The smallest absolute Gasteiger partial charge is 0.249 e. The van der Waals surface area contributed by atoms with Crippen LogP contribution in [0.4, 0.5) is 5.69 Å². The first-order valence-corrected chi connectivity index (χ1v) is 4.88. The molecule has 0 heterocycles. The number of ether oxygens (including phenoxy) is 1. The van der Waals surface area contributed by atoms with Crippen LogP contribution in [0.5, 0.6) is 0 Å². The van der Waals surface area contributed by atoms with E-state index < -0.39 is 5.43 Å². The number of nitrogens with zero attached hydrogens (tertiary/aromatic N) is 1. The van der Waals surface area contributed by atoms with Crippen molar-refractivity contribution in [2.45, 2.75) is 6.92 Å². The van der Waals surface area contributed by atoms with Gasteiger partial charge in [0.1, 0.15) is 0 Å². The van der Waals surface area contributed by atoms with Gasteiger partial charge in [0.2, 0.25) is 10.9 Å². The molecule has 2 N–H and O–H groups in total. The van der Waals surface area contributed by atoms with Crippen LogP contribution in [0.3, 0.4) is 0 Å². The first-order chi connectivity index (χ1) is 7.09. The van der Waals surface area contributed by atoms with Gasteiger partial charge in [-0.1, -0.05) is 0 Å². The van der Waals surface area contributed by atoms with Crippen molar-refractivity contribution in [2.24, 2.45) is 5.73 Å².